The Bertz CT molecular complexity index is 730. The number of benzene rings is 2. The lowest BCUT2D eigenvalue weighted by Crippen LogP contribution is -2.33. The third-order valence-electron chi connectivity index (χ3n) is 3.25. The van der Waals surface area contributed by atoms with E-state index in [1.54, 1.807) is 36.4 Å². The Morgan fingerprint density at radius 2 is 1.72 bits per heavy atom. The maximum absolute atomic E-state index is 12.1. The number of rotatable bonds is 7. The predicted octanol–water partition coefficient (Wildman–Crippen LogP) is 3.42. The number of para-hydroxylation sites is 2. The lowest BCUT2D eigenvalue weighted by atomic mass is 10.1. The minimum atomic E-state index is -0.315. The first-order valence-corrected chi connectivity index (χ1v) is 8.38. The Morgan fingerprint density at radius 3 is 2.40 bits per heavy atom. The van der Waals surface area contributed by atoms with Crippen LogP contribution in [0.2, 0.25) is 5.02 Å². The molecule has 25 heavy (non-hydrogen) atoms. The van der Waals surface area contributed by atoms with Gasteiger partial charge in [0, 0.05) is 5.02 Å². The van der Waals surface area contributed by atoms with Crippen LogP contribution in [0.15, 0.2) is 48.5 Å². The average molecular weight is 361 g/mol. The zero-order chi connectivity index (χ0) is 18.2. The van der Waals surface area contributed by atoms with Gasteiger partial charge in [0.05, 0.1) is 24.8 Å². The summed E-state index contributed by atoms with van der Waals surface area (Å²) in [6, 6.07) is 14.2. The molecule has 0 saturated heterocycles. The molecule has 0 heterocycles. The maximum Gasteiger partial charge on any atom is 0.243 e. The van der Waals surface area contributed by atoms with Gasteiger partial charge >= 0.3 is 0 Å². The quantitative estimate of drug-likeness (QED) is 0.795. The third kappa shape index (κ3) is 6.47. The van der Waals surface area contributed by atoms with Crippen molar-refractivity contribution in [2.75, 3.05) is 11.9 Å². The van der Waals surface area contributed by atoms with Gasteiger partial charge in [0.1, 0.15) is 5.75 Å². The summed E-state index contributed by atoms with van der Waals surface area (Å²) in [4.78, 5) is 24.0. The van der Waals surface area contributed by atoms with Crippen molar-refractivity contribution >= 4 is 29.1 Å². The van der Waals surface area contributed by atoms with Gasteiger partial charge in [0.25, 0.3) is 0 Å². The van der Waals surface area contributed by atoms with Crippen LogP contribution in [-0.2, 0) is 16.0 Å². The second-order valence-electron chi connectivity index (χ2n) is 5.79. The molecule has 2 amide bonds. The molecule has 0 aromatic heterocycles. The molecule has 5 nitrogen and oxygen atoms in total. The highest BCUT2D eigenvalue weighted by Gasteiger charge is 2.10. The molecule has 132 valence electrons. The first kappa shape index (κ1) is 18.8. The standard InChI is InChI=1S/C19H21ClN2O3/c1-13(2)25-17-6-4-3-5-16(17)22-19(24)12-21-18(23)11-14-7-9-15(20)10-8-14/h3-10,13H,11-12H2,1-2H3,(H,21,23)(H,22,24). The highest BCUT2D eigenvalue weighted by molar-refractivity contribution is 6.30. The molecule has 0 atom stereocenters. The van der Waals surface area contributed by atoms with Gasteiger partial charge < -0.3 is 15.4 Å². The van der Waals surface area contributed by atoms with Gasteiger partial charge in [-0.25, -0.2) is 0 Å². The SMILES string of the molecule is CC(C)Oc1ccccc1NC(=O)CNC(=O)Cc1ccc(Cl)cc1. The molecule has 0 aliphatic rings. The number of carbonyl (C=O) groups is 2. The normalized spacial score (nSPS) is 10.4. The molecule has 0 saturated carbocycles. The van der Waals surface area contributed by atoms with E-state index >= 15 is 0 Å². The largest absolute Gasteiger partial charge is 0.489 e. The fraction of sp³-hybridized carbons (Fsp3) is 0.263. The zero-order valence-electron chi connectivity index (χ0n) is 14.2. The average Bonchev–Trinajstić information content (AvgIpc) is 2.56. The zero-order valence-corrected chi connectivity index (χ0v) is 15.0. The number of nitrogens with one attached hydrogen (secondary N) is 2. The summed E-state index contributed by atoms with van der Waals surface area (Å²) >= 11 is 5.81. The molecule has 2 aromatic carbocycles. The van der Waals surface area contributed by atoms with Gasteiger partial charge in [-0.15, -0.1) is 0 Å². The van der Waals surface area contributed by atoms with Gasteiger partial charge in [-0.3, -0.25) is 9.59 Å². The molecule has 0 spiro atoms. The number of carbonyl (C=O) groups excluding carboxylic acids is 2. The van der Waals surface area contributed by atoms with E-state index in [0.717, 1.165) is 5.56 Å². The van der Waals surface area contributed by atoms with Gasteiger partial charge in [-0.1, -0.05) is 35.9 Å². The van der Waals surface area contributed by atoms with Crippen molar-refractivity contribution in [1.82, 2.24) is 5.32 Å². The summed E-state index contributed by atoms with van der Waals surface area (Å²) in [5, 5.41) is 5.96. The second kappa shape index (κ2) is 9.08. The number of ether oxygens (including phenoxy) is 1. The van der Waals surface area contributed by atoms with Crippen molar-refractivity contribution in [2.24, 2.45) is 0 Å². The Labute approximate surface area is 152 Å². The highest BCUT2D eigenvalue weighted by Crippen LogP contribution is 2.24. The molecule has 6 heteroatoms. The molecule has 2 aromatic rings. The Hall–Kier alpha value is -2.53. The summed E-state index contributed by atoms with van der Waals surface area (Å²) in [7, 11) is 0. The lowest BCUT2D eigenvalue weighted by molar-refractivity contribution is -0.123. The van der Waals surface area contributed by atoms with E-state index in [0.29, 0.717) is 16.5 Å². The Morgan fingerprint density at radius 1 is 1.04 bits per heavy atom. The number of amides is 2. The summed E-state index contributed by atoms with van der Waals surface area (Å²) in [5.74, 6) is 0.0480. The van der Waals surface area contributed by atoms with Crippen LogP contribution in [-0.4, -0.2) is 24.5 Å². The summed E-state index contributed by atoms with van der Waals surface area (Å²) in [5.41, 5.74) is 1.41. The lowest BCUT2D eigenvalue weighted by Gasteiger charge is -2.15. The fourth-order valence-electron chi connectivity index (χ4n) is 2.15. The van der Waals surface area contributed by atoms with E-state index in [4.69, 9.17) is 16.3 Å². The van der Waals surface area contributed by atoms with Crippen LogP contribution in [0.3, 0.4) is 0 Å². The Balaban J connectivity index is 1.84. The van der Waals surface area contributed by atoms with E-state index in [2.05, 4.69) is 10.6 Å². The van der Waals surface area contributed by atoms with E-state index in [1.165, 1.54) is 0 Å². The van der Waals surface area contributed by atoms with Crippen molar-refractivity contribution in [3.63, 3.8) is 0 Å². The van der Waals surface area contributed by atoms with Crippen LogP contribution >= 0.6 is 11.6 Å². The first-order chi connectivity index (χ1) is 11.9. The molecular formula is C19H21ClN2O3. The first-order valence-electron chi connectivity index (χ1n) is 8.00. The number of anilines is 1. The van der Waals surface area contributed by atoms with Crippen molar-refractivity contribution < 1.29 is 14.3 Å². The van der Waals surface area contributed by atoms with Crippen LogP contribution in [0.5, 0.6) is 5.75 Å². The maximum atomic E-state index is 12.1. The summed E-state index contributed by atoms with van der Waals surface area (Å²) < 4.78 is 5.65. The molecule has 0 aliphatic heterocycles. The molecule has 2 rings (SSSR count). The second-order valence-corrected chi connectivity index (χ2v) is 6.23. The van der Waals surface area contributed by atoms with Gasteiger partial charge in [0.15, 0.2) is 0 Å². The monoisotopic (exact) mass is 360 g/mol. The van der Waals surface area contributed by atoms with Gasteiger partial charge in [0.2, 0.25) is 11.8 Å². The molecular weight excluding hydrogens is 340 g/mol. The molecule has 0 radical (unpaired) electrons. The van der Waals surface area contributed by atoms with Gasteiger partial charge in [-0.05, 0) is 43.7 Å². The summed E-state index contributed by atoms with van der Waals surface area (Å²) in [6.07, 6.45) is 0.189. The van der Waals surface area contributed by atoms with Crippen LogP contribution in [0.25, 0.3) is 0 Å². The molecule has 2 N–H and O–H groups in total. The van der Waals surface area contributed by atoms with E-state index in [1.807, 2.05) is 26.0 Å². The molecule has 0 fully saturated rings. The smallest absolute Gasteiger partial charge is 0.243 e. The Kier molecular flexibility index (Phi) is 6.83. The van der Waals surface area contributed by atoms with Crippen LogP contribution in [0, 0.1) is 0 Å². The summed E-state index contributed by atoms with van der Waals surface area (Å²) in [6.45, 7) is 3.72. The third-order valence-corrected chi connectivity index (χ3v) is 3.50. The van der Waals surface area contributed by atoms with Crippen LogP contribution in [0.1, 0.15) is 19.4 Å². The van der Waals surface area contributed by atoms with Crippen molar-refractivity contribution in [3.05, 3.63) is 59.1 Å². The highest BCUT2D eigenvalue weighted by atomic mass is 35.5. The number of hydrogen-bond donors (Lipinski definition) is 2. The molecule has 0 aliphatic carbocycles. The molecule has 0 unspecified atom stereocenters. The van der Waals surface area contributed by atoms with Crippen LogP contribution in [0.4, 0.5) is 5.69 Å². The van der Waals surface area contributed by atoms with Crippen LogP contribution < -0.4 is 15.4 Å². The number of halogens is 1. The van der Waals surface area contributed by atoms with E-state index in [9.17, 15) is 9.59 Å². The van der Waals surface area contributed by atoms with Crippen molar-refractivity contribution in [3.8, 4) is 5.75 Å². The van der Waals surface area contributed by atoms with Crippen molar-refractivity contribution in [2.45, 2.75) is 26.4 Å². The minimum absolute atomic E-state index is 0.00266. The fourth-order valence-corrected chi connectivity index (χ4v) is 2.28. The number of hydrogen-bond acceptors (Lipinski definition) is 3. The van der Waals surface area contributed by atoms with E-state index in [-0.39, 0.29) is 30.9 Å². The molecule has 0 bridgehead atoms. The predicted molar refractivity (Wildman–Crippen MR) is 99.0 cm³/mol. The van der Waals surface area contributed by atoms with Crippen molar-refractivity contribution in [1.29, 1.82) is 0 Å². The van der Waals surface area contributed by atoms with Gasteiger partial charge in [-0.2, -0.15) is 0 Å². The minimum Gasteiger partial charge on any atom is -0.489 e. The van der Waals surface area contributed by atoms with E-state index < -0.39 is 0 Å². The topological polar surface area (TPSA) is 67.4 Å².